The SMILES string of the molecule is Cc1ccccc1COP(=O)(COCCn1cnc2c(N)ncnc21)N[C@@H](C)C(=O)OC(C)C. The van der Waals surface area contributed by atoms with Gasteiger partial charge in [0.25, 0.3) is 7.52 Å². The van der Waals surface area contributed by atoms with Gasteiger partial charge < -0.3 is 24.3 Å². The molecule has 0 radical (unpaired) electrons. The van der Waals surface area contributed by atoms with Crippen molar-refractivity contribution in [3.8, 4) is 0 Å². The van der Waals surface area contributed by atoms with Crippen molar-refractivity contribution in [2.75, 3.05) is 18.7 Å². The van der Waals surface area contributed by atoms with E-state index in [1.54, 1.807) is 31.7 Å². The summed E-state index contributed by atoms with van der Waals surface area (Å²) < 4.78 is 32.1. The van der Waals surface area contributed by atoms with Crippen LogP contribution in [0.3, 0.4) is 0 Å². The lowest BCUT2D eigenvalue weighted by molar-refractivity contribution is -0.149. The number of imidazole rings is 1. The van der Waals surface area contributed by atoms with Gasteiger partial charge in [-0.3, -0.25) is 9.36 Å². The highest BCUT2D eigenvalue weighted by Crippen LogP contribution is 2.44. The Morgan fingerprint density at radius 3 is 2.71 bits per heavy atom. The van der Waals surface area contributed by atoms with Gasteiger partial charge in [0.2, 0.25) is 0 Å². The predicted octanol–water partition coefficient (Wildman–Crippen LogP) is 3.03. The van der Waals surface area contributed by atoms with Crippen LogP contribution in [0.25, 0.3) is 11.2 Å². The first-order valence-electron chi connectivity index (χ1n) is 10.9. The summed E-state index contributed by atoms with van der Waals surface area (Å²) in [6.45, 7) is 7.74. The quantitative estimate of drug-likeness (QED) is 0.221. The average Bonchev–Trinajstić information content (AvgIpc) is 3.20. The van der Waals surface area contributed by atoms with Crippen LogP contribution in [0.1, 0.15) is 31.9 Å². The largest absolute Gasteiger partial charge is 0.462 e. The number of hydrogen-bond acceptors (Lipinski definition) is 9. The molecule has 0 spiro atoms. The number of aryl methyl sites for hydroxylation is 1. The van der Waals surface area contributed by atoms with Crippen molar-refractivity contribution in [2.24, 2.45) is 0 Å². The number of ether oxygens (including phenoxy) is 2. The zero-order valence-electron chi connectivity index (χ0n) is 19.8. The van der Waals surface area contributed by atoms with Gasteiger partial charge in [0, 0.05) is 6.54 Å². The van der Waals surface area contributed by atoms with Crippen molar-refractivity contribution in [1.82, 2.24) is 24.6 Å². The topological polar surface area (TPSA) is 143 Å². The molecule has 3 rings (SSSR count). The molecule has 0 aliphatic heterocycles. The molecule has 0 bridgehead atoms. The molecule has 2 atom stereocenters. The van der Waals surface area contributed by atoms with E-state index in [1.807, 2.05) is 31.2 Å². The maximum atomic E-state index is 13.6. The third-order valence-electron chi connectivity index (χ3n) is 4.95. The number of nitrogens with two attached hydrogens (primary N) is 1. The molecule has 0 saturated heterocycles. The Bertz CT molecular complexity index is 1170. The molecule has 184 valence electrons. The number of benzene rings is 1. The molecule has 1 aromatic carbocycles. The van der Waals surface area contributed by atoms with E-state index >= 15 is 0 Å². The second-order valence-electron chi connectivity index (χ2n) is 8.12. The van der Waals surface area contributed by atoms with Gasteiger partial charge in [-0.1, -0.05) is 24.3 Å². The number of carbonyl (C=O) groups excluding carboxylic acids is 1. The van der Waals surface area contributed by atoms with E-state index in [-0.39, 0.29) is 25.7 Å². The number of anilines is 1. The lowest BCUT2D eigenvalue weighted by Gasteiger charge is -2.24. The molecular weight excluding hydrogens is 459 g/mol. The molecule has 3 N–H and O–H groups in total. The summed E-state index contributed by atoms with van der Waals surface area (Å²) in [6, 6.07) is 6.80. The van der Waals surface area contributed by atoms with E-state index in [0.717, 1.165) is 11.1 Å². The van der Waals surface area contributed by atoms with E-state index < -0.39 is 19.5 Å². The monoisotopic (exact) mass is 490 g/mol. The summed E-state index contributed by atoms with van der Waals surface area (Å²) in [5.74, 6) is -0.220. The highest BCUT2D eigenvalue weighted by atomic mass is 31.2. The van der Waals surface area contributed by atoms with Crippen molar-refractivity contribution < 1.29 is 23.4 Å². The lowest BCUT2D eigenvalue weighted by Crippen LogP contribution is -2.36. The Morgan fingerprint density at radius 2 is 1.97 bits per heavy atom. The highest BCUT2D eigenvalue weighted by molar-refractivity contribution is 7.56. The molecular formula is C22H31N6O5P. The minimum Gasteiger partial charge on any atom is -0.462 e. The van der Waals surface area contributed by atoms with Crippen molar-refractivity contribution >= 4 is 30.5 Å². The van der Waals surface area contributed by atoms with E-state index in [1.165, 1.54) is 6.33 Å². The van der Waals surface area contributed by atoms with Crippen LogP contribution in [0.2, 0.25) is 0 Å². The molecule has 0 fully saturated rings. The molecule has 34 heavy (non-hydrogen) atoms. The van der Waals surface area contributed by atoms with Gasteiger partial charge >= 0.3 is 5.97 Å². The Balaban J connectivity index is 1.64. The Kier molecular flexibility index (Phi) is 8.73. The number of nitrogens with zero attached hydrogens (tertiary/aromatic N) is 4. The maximum absolute atomic E-state index is 13.6. The molecule has 12 heteroatoms. The number of esters is 1. The normalized spacial score (nSPS) is 14.3. The number of rotatable bonds is 12. The highest BCUT2D eigenvalue weighted by Gasteiger charge is 2.30. The molecule has 11 nitrogen and oxygen atoms in total. The minimum atomic E-state index is -3.56. The summed E-state index contributed by atoms with van der Waals surface area (Å²) in [4.78, 5) is 24.6. The number of nitrogen functional groups attached to an aromatic ring is 1. The smallest absolute Gasteiger partial charge is 0.323 e. The maximum Gasteiger partial charge on any atom is 0.323 e. The van der Waals surface area contributed by atoms with Crippen molar-refractivity contribution in [2.45, 2.75) is 53.0 Å². The summed E-state index contributed by atoms with van der Waals surface area (Å²) in [6.07, 6.45) is 2.44. The summed E-state index contributed by atoms with van der Waals surface area (Å²) in [5, 5.41) is 2.80. The Labute approximate surface area is 198 Å². The van der Waals surface area contributed by atoms with Crippen LogP contribution in [0, 0.1) is 6.92 Å². The van der Waals surface area contributed by atoms with Gasteiger partial charge in [-0.05, 0) is 38.8 Å². The van der Waals surface area contributed by atoms with Crippen LogP contribution < -0.4 is 10.8 Å². The van der Waals surface area contributed by atoms with Gasteiger partial charge in [0.05, 0.1) is 25.6 Å². The second-order valence-corrected chi connectivity index (χ2v) is 10.2. The van der Waals surface area contributed by atoms with Crippen LogP contribution in [0.15, 0.2) is 36.9 Å². The number of carbonyl (C=O) groups is 1. The zero-order chi connectivity index (χ0) is 24.7. The first-order chi connectivity index (χ1) is 16.2. The predicted molar refractivity (Wildman–Crippen MR) is 128 cm³/mol. The van der Waals surface area contributed by atoms with Crippen LogP contribution in [-0.4, -0.2) is 50.6 Å². The fraction of sp³-hybridized carbons (Fsp3) is 0.455. The number of fused-ring (bicyclic) bond motifs is 1. The van der Waals surface area contributed by atoms with E-state index in [4.69, 9.17) is 19.7 Å². The first-order valence-corrected chi connectivity index (χ1v) is 12.7. The van der Waals surface area contributed by atoms with Crippen LogP contribution in [0.4, 0.5) is 5.82 Å². The van der Waals surface area contributed by atoms with Gasteiger partial charge in [0.15, 0.2) is 11.5 Å². The lowest BCUT2D eigenvalue weighted by atomic mass is 10.1. The summed E-state index contributed by atoms with van der Waals surface area (Å²) in [7, 11) is -3.56. The van der Waals surface area contributed by atoms with Crippen molar-refractivity contribution in [3.63, 3.8) is 0 Å². The molecule has 2 aromatic heterocycles. The molecule has 1 unspecified atom stereocenters. The van der Waals surface area contributed by atoms with Crippen LogP contribution in [0.5, 0.6) is 0 Å². The first kappa shape index (κ1) is 25.8. The van der Waals surface area contributed by atoms with Gasteiger partial charge in [-0.25, -0.2) is 20.0 Å². The van der Waals surface area contributed by atoms with E-state index in [2.05, 4.69) is 20.0 Å². The average molecular weight is 491 g/mol. The third-order valence-corrected chi connectivity index (χ3v) is 6.80. The Hall–Kier alpha value is -2.85. The van der Waals surface area contributed by atoms with Crippen LogP contribution >= 0.6 is 7.52 Å². The van der Waals surface area contributed by atoms with Crippen molar-refractivity contribution in [1.29, 1.82) is 0 Å². The molecule has 2 heterocycles. The molecule has 0 aliphatic carbocycles. The van der Waals surface area contributed by atoms with Crippen LogP contribution in [-0.2, 0) is 36.5 Å². The minimum absolute atomic E-state index is 0.106. The van der Waals surface area contributed by atoms with Crippen molar-refractivity contribution in [3.05, 3.63) is 48.0 Å². The number of nitrogens with one attached hydrogen (secondary N) is 1. The standard InChI is InChI=1S/C22H31N6O5P/c1-15(2)33-22(29)17(4)27-34(30,32-11-18-8-6-5-7-16(18)3)14-31-10-9-28-13-26-19-20(23)24-12-25-21(19)28/h5-8,12-13,15,17H,9-11,14H2,1-4H3,(H,27,30)(H2,23,24,25)/t17-,34?/m0/s1. The molecule has 0 saturated carbocycles. The zero-order valence-corrected chi connectivity index (χ0v) is 20.7. The molecule has 0 aliphatic rings. The number of hydrogen-bond donors (Lipinski definition) is 2. The summed E-state index contributed by atoms with van der Waals surface area (Å²) >= 11 is 0. The summed E-state index contributed by atoms with van der Waals surface area (Å²) in [5.41, 5.74) is 8.81. The number of aromatic nitrogens is 4. The van der Waals surface area contributed by atoms with Gasteiger partial charge in [0.1, 0.15) is 24.2 Å². The fourth-order valence-electron chi connectivity index (χ4n) is 3.15. The third kappa shape index (κ3) is 6.83. The fourth-order valence-corrected chi connectivity index (χ4v) is 4.79. The van der Waals surface area contributed by atoms with E-state index in [0.29, 0.717) is 23.5 Å². The second kappa shape index (κ2) is 11.5. The molecule has 0 amide bonds. The molecule has 3 aromatic rings. The van der Waals surface area contributed by atoms with Gasteiger partial charge in [-0.15, -0.1) is 0 Å². The van der Waals surface area contributed by atoms with E-state index in [9.17, 15) is 9.36 Å². The Morgan fingerprint density at radius 1 is 1.21 bits per heavy atom. The van der Waals surface area contributed by atoms with Gasteiger partial charge in [-0.2, -0.15) is 0 Å².